The van der Waals surface area contributed by atoms with Crippen LogP contribution in [-0.4, -0.2) is 39.0 Å². The fourth-order valence-corrected chi connectivity index (χ4v) is 0.627. The lowest BCUT2D eigenvalue weighted by Gasteiger charge is -2.09. The smallest absolute Gasteiger partial charge is 0.333 e. The molecule has 0 aromatic carbocycles. The Balaban J connectivity index is 3.26. The van der Waals surface area contributed by atoms with Crippen LogP contribution in [-0.2, 0) is 49.2 Å². The van der Waals surface area contributed by atoms with Gasteiger partial charge in [-0.15, -0.1) is 0 Å². The van der Waals surface area contributed by atoms with Gasteiger partial charge < -0.3 is 4.74 Å². The molecule has 118 valence electrons. The zero-order valence-corrected chi connectivity index (χ0v) is 11.5. The van der Waals surface area contributed by atoms with E-state index in [2.05, 4.69) is 46.3 Å². The number of hydrogen-bond donors (Lipinski definition) is 0. The standard InChI is InChI=1S/C10H18O10/c1-8(2)10(11)13-5-6-14-18-20-16-9(3)7-15-19-17-12-4/h9H,1,5-7H2,2-4H3. The summed E-state index contributed by atoms with van der Waals surface area (Å²) in [6, 6.07) is 0. The highest BCUT2D eigenvalue weighted by Crippen LogP contribution is 1.96. The van der Waals surface area contributed by atoms with E-state index in [0.717, 1.165) is 0 Å². The molecule has 0 saturated heterocycles. The summed E-state index contributed by atoms with van der Waals surface area (Å²) in [6.07, 6.45) is -0.541. The summed E-state index contributed by atoms with van der Waals surface area (Å²) in [7, 11) is 1.24. The number of carbonyl (C=O) groups excluding carboxylic acids is 1. The Morgan fingerprint density at radius 1 is 1.10 bits per heavy atom. The van der Waals surface area contributed by atoms with Gasteiger partial charge in [-0.2, -0.15) is 4.89 Å². The first-order valence-corrected chi connectivity index (χ1v) is 5.51. The van der Waals surface area contributed by atoms with Crippen LogP contribution in [0.1, 0.15) is 13.8 Å². The van der Waals surface area contributed by atoms with Crippen LogP contribution in [0.4, 0.5) is 0 Å². The van der Waals surface area contributed by atoms with E-state index in [9.17, 15) is 4.79 Å². The molecule has 0 amide bonds. The van der Waals surface area contributed by atoms with E-state index in [4.69, 9.17) is 4.74 Å². The maximum atomic E-state index is 10.9. The summed E-state index contributed by atoms with van der Waals surface area (Å²) in [5.74, 6) is -0.519. The molecule has 0 aliphatic carbocycles. The predicted octanol–water partition coefficient (Wildman–Crippen LogP) is 0.747. The molecule has 0 N–H and O–H groups in total. The van der Waals surface area contributed by atoms with E-state index in [1.165, 1.54) is 14.0 Å². The van der Waals surface area contributed by atoms with Gasteiger partial charge in [0.15, 0.2) is 0 Å². The molecule has 0 aliphatic rings. The van der Waals surface area contributed by atoms with Gasteiger partial charge in [0.25, 0.3) is 0 Å². The van der Waals surface area contributed by atoms with Crippen molar-refractivity contribution in [1.29, 1.82) is 0 Å². The number of hydrogen-bond acceptors (Lipinski definition) is 10. The van der Waals surface area contributed by atoms with Gasteiger partial charge >= 0.3 is 5.97 Å². The minimum Gasteiger partial charge on any atom is -0.460 e. The molecule has 0 aromatic rings. The summed E-state index contributed by atoms with van der Waals surface area (Å²) in [5.41, 5.74) is 0.291. The van der Waals surface area contributed by atoms with Gasteiger partial charge in [0.2, 0.25) is 0 Å². The fourth-order valence-electron chi connectivity index (χ4n) is 0.627. The molecule has 0 fully saturated rings. The highest BCUT2D eigenvalue weighted by molar-refractivity contribution is 5.86. The fraction of sp³-hybridized carbons (Fsp3) is 0.700. The lowest BCUT2D eigenvalue weighted by Crippen LogP contribution is -2.17. The maximum Gasteiger partial charge on any atom is 0.333 e. The molecule has 1 unspecified atom stereocenters. The third-order valence-electron chi connectivity index (χ3n) is 1.47. The molecule has 0 radical (unpaired) electrons. The Morgan fingerprint density at radius 3 is 2.45 bits per heavy atom. The molecule has 0 heterocycles. The van der Waals surface area contributed by atoms with Gasteiger partial charge in [0.1, 0.15) is 25.9 Å². The topological polar surface area (TPSA) is 100 Å². The third kappa shape index (κ3) is 12.0. The highest BCUT2D eigenvalue weighted by Gasteiger charge is 2.06. The number of ether oxygens (including phenoxy) is 1. The Labute approximate surface area is 115 Å². The van der Waals surface area contributed by atoms with E-state index >= 15 is 0 Å². The van der Waals surface area contributed by atoms with Crippen LogP contribution in [0.5, 0.6) is 0 Å². The first-order valence-electron chi connectivity index (χ1n) is 5.51. The SMILES string of the molecule is C=C(C)C(=O)OCCOOOOC(C)COOOOC. The van der Waals surface area contributed by atoms with Gasteiger partial charge in [-0.05, 0) is 34.0 Å². The van der Waals surface area contributed by atoms with Crippen molar-refractivity contribution < 1.29 is 49.2 Å². The Kier molecular flexibility index (Phi) is 12.2. The first kappa shape index (κ1) is 18.9. The van der Waals surface area contributed by atoms with Crippen molar-refractivity contribution in [2.24, 2.45) is 0 Å². The molecular formula is C10H18O10. The van der Waals surface area contributed by atoms with E-state index < -0.39 is 12.1 Å². The average Bonchev–Trinajstić information content (AvgIpc) is 2.42. The highest BCUT2D eigenvalue weighted by atomic mass is 17.7. The Hall–Kier alpha value is -1.11. The van der Waals surface area contributed by atoms with Crippen LogP contribution in [0, 0.1) is 0 Å². The van der Waals surface area contributed by atoms with Crippen molar-refractivity contribution in [3.05, 3.63) is 12.2 Å². The zero-order chi connectivity index (χ0) is 15.2. The molecule has 0 rings (SSSR count). The molecule has 1 atom stereocenters. The molecule has 0 aliphatic heterocycles. The van der Waals surface area contributed by atoms with Crippen molar-refractivity contribution in [2.45, 2.75) is 20.0 Å². The van der Waals surface area contributed by atoms with E-state index in [-0.39, 0.29) is 19.8 Å². The Morgan fingerprint density at radius 2 is 1.80 bits per heavy atom. The van der Waals surface area contributed by atoms with Crippen LogP contribution in [0.25, 0.3) is 0 Å². The summed E-state index contributed by atoms with van der Waals surface area (Å²) >= 11 is 0. The summed E-state index contributed by atoms with van der Waals surface area (Å²) in [4.78, 5) is 28.6. The van der Waals surface area contributed by atoms with Crippen LogP contribution >= 0.6 is 0 Å². The van der Waals surface area contributed by atoms with Crippen LogP contribution < -0.4 is 0 Å². The maximum absolute atomic E-state index is 10.9. The molecule has 10 heteroatoms. The summed E-state index contributed by atoms with van der Waals surface area (Å²) < 4.78 is 4.71. The summed E-state index contributed by atoms with van der Waals surface area (Å²) in [6.45, 7) is 6.44. The van der Waals surface area contributed by atoms with Crippen LogP contribution in [0.2, 0.25) is 0 Å². The van der Waals surface area contributed by atoms with Crippen molar-refractivity contribution in [2.75, 3.05) is 26.9 Å². The second-order valence-electron chi connectivity index (χ2n) is 3.37. The molecule has 10 nitrogen and oxygen atoms in total. The molecule has 0 aromatic heterocycles. The van der Waals surface area contributed by atoms with Crippen LogP contribution in [0.3, 0.4) is 0 Å². The van der Waals surface area contributed by atoms with Crippen LogP contribution in [0.15, 0.2) is 12.2 Å². The van der Waals surface area contributed by atoms with Crippen molar-refractivity contribution in [3.63, 3.8) is 0 Å². The largest absolute Gasteiger partial charge is 0.460 e. The van der Waals surface area contributed by atoms with Gasteiger partial charge in [-0.3, -0.25) is 0 Å². The first-order chi connectivity index (χ1) is 9.57. The number of esters is 1. The number of carbonyl (C=O) groups is 1. The van der Waals surface area contributed by atoms with E-state index in [1.807, 2.05) is 0 Å². The van der Waals surface area contributed by atoms with Crippen molar-refractivity contribution >= 4 is 5.97 Å². The van der Waals surface area contributed by atoms with E-state index in [0.29, 0.717) is 5.57 Å². The molecule has 0 spiro atoms. The van der Waals surface area contributed by atoms with Gasteiger partial charge in [-0.25, -0.2) is 19.5 Å². The molecule has 20 heavy (non-hydrogen) atoms. The Bertz CT molecular complexity index is 269. The molecular weight excluding hydrogens is 280 g/mol. The lowest BCUT2D eigenvalue weighted by atomic mass is 10.4. The lowest BCUT2D eigenvalue weighted by molar-refractivity contribution is -0.654. The second kappa shape index (κ2) is 12.9. The molecule has 0 saturated carbocycles. The normalized spacial score (nSPS) is 12.2. The second-order valence-corrected chi connectivity index (χ2v) is 3.37. The third-order valence-corrected chi connectivity index (χ3v) is 1.47. The zero-order valence-electron chi connectivity index (χ0n) is 11.5. The van der Waals surface area contributed by atoms with Gasteiger partial charge in [0.05, 0.1) is 7.11 Å². The number of rotatable bonds is 13. The van der Waals surface area contributed by atoms with E-state index in [1.54, 1.807) is 6.92 Å². The minimum atomic E-state index is -0.541. The van der Waals surface area contributed by atoms with Crippen molar-refractivity contribution in [3.8, 4) is 0 Å². The predicted molar refractivity (Wildman–Crippen MR) is 59.6 cm³/mol. The quantitative estimate of drug-likeness (QED) is 0.159. The molecule has 0 bridgehead atoms. The average molecular weight is 298 g/mol. The monoisotopic (exact) mass is 298 g/mol. The summed E-state index contributed by atoms with van der Waals surface area (Å²) in [5, 5.41) is 16.4. The van der Waals surface area contributed by atoms with Gasteiger partial charge in [-0.1, -0.05) is 6.58 Å². The minimum absolute atomic E-state index is 0.0179. The van der Waals surface area contributed by atoms with Crippen molar-refractivity contribution in [1.82, 2.24) is 0 Å². The van der Waals surface area contributed by atoms with Gasteiger partial charge in [0, 0.05) is 5.57 Å².